The summed E-state index contributed by atoms with van der Waals surface area (Å²) in [6.45, 7) is 1.86. The molecule has 1 aromatic rings. The topological polar surface area (TPSA) is 54.4 Å². The molecule has 0 saturated carbocycles. The van der Waals surface area contributed by atoms with E-state index < -0.39 is 10.1 Å². The van der Waals surface area contributed by atoms with Crippen LogP contribution < -0.4 is 5.30 Å². The van der Waals surface area contributed by atoms with E-state index in [4.69, 9.17) is 4.55 Å². The van der Waals surface area contributed by atoms with Crippen LogP contribution in [-0.2, 0) is 10.1 Å². The predicted octanol–water partition coefficient (Wildman–Crippen LogP) is -1.20. The van der Waals surface area contributed by atoms with Crippen molar-refractivity contribution in [2.75, 3.05) is 0 Å². The van der Waals surface area contributed by atoms with Gasteiger partial charge in [0.2, 0.25) is 0 Å². The minimum absolute atomic E-state index is 0. The van der Waals surface area contributed by atoms with Gasteiger partial charge < -0.3 is 0 Å². The molecule has 0 aliphatic heterocycles. The van der Waals surface area contributed by atoms with Gasteiger partial charge in [0.05, 0.1) is 4.90 Å². The van der Waals surface area contributed by atoms with Crippen molar-refractivity contribution in [3.8, 4) is 0 Å². The van der Waals surface area contributed by atoms with Crippen molar-refractivity contribution in [1.82, 2.24) is 0 Å². The number of hydrogen-bond donors (Lipinski definition) is 1. The Morgan fingerprint density at radius 2 is 1.67 bits per heavy atom. The third-order valence-electron chi connectivity index (χ3n) is 1.55. The van der Waals surface area contributed by atoms with Crippen LogP contribution >= 0.6 is 9.24 Å². The van der Waals surface area contributed by atoms with Gasteiger partial charge in [-0.1, -0.05) is 6.07 Å². The van der Waals surface area contributed by atoms with Crippen molar-refractivity contribution < 1.29 is 13.0 Å². The summed E-state index contributed by atoms with van der Waals surface area (Å²) < 4.78 is 30.0. The SMILES string of the molecule is Cc1ccc(S(=O)(=O)O)cc1P.[NaH].[NaH].[NaH]. The second kappa shape index (κ2) is 9.48. The van der Waals surface area contributed by atoms with E-state index in [9.17, 15) is 8.42 Å². The molecule has 1 aromatic carbocycles. The van der Waals surface area contributed by atoms with E-state index in [1.165, 1.54) is 12.1 Å². The molecule has 0 spiro atoms. The van der Waals surface area contributed by atoms with E-state index in [1.807, 2.05) is 6.92 Å². The third kappa shape index (κ3) is 7.55. The molecule has 0 bridgehead atoms. The Bertz CT molecular complexity index is 408. The van der Waals surface area contributed by atoms with Crippen LogP contribution in [0.1, 0.15) is 5.56 Å². The fourth-order valence-corrected chi connectivity index (χ4v) is 1.69. The molecule has 1 atom stereocenters. The Balaban J connectivity index is -0.000000480. The molecule has 0 aromatic heterocycles. The van der Waals surface area contributed by atoms with Crippen LogP contribution in [0.15, 0.2) is 23.1 Å². The maximum atomic E-state index is 10.6. The summed E-state index contributed by atoms with van der Waals surface area (Å²) in [6.07, 6.45) is 0. The molecule has 0 fully saturated rings. The van der Waals surface area contributed by atoms with E-state index in [-0.39, 0.29) is 93.6 Å². The van der Waals surface area contributed by atoms with Gasteiger partial charge in [-0.2, -0.15) is 8.42 Å². The van der Waals surface area contributed by atoms with Crippen molar-refractivity contribution in [3.63, 3.8) is 0 Å². The fraction of sp³-hybridized carbons (Fsp3) is 0.143. The Hall–Kier alpha value is 2.56. The molecule has 15 heavy (non-hydrogen) atoms. The van der Waals surface area contributed by atoms with Gasteiger partial charge in [0.25, 0.3) is 10.1 Å². The zero-order valence-electron chi connectivity index (χ0n) is 6.48. The average molecular weight is 276 g/mol. The Morgan fingerprint density at radius 1 is 1.20 bits per heavy atom. The average Bonchev–Trinajstić information content (AvgIpc) is 1.92. The van der Waals surface area contributed by atoms with Crippen LogP contribution in [0.4, 0.5) is 0 Å². The number of hydrogen-bond acceptors (Lipinski definition) is 2. The number of rotatable bonds is 1. The molecular formula is C7H12Na3O3PS. The molecule has 0 heterocycles. The van der Waals surface area contributed by atoms with Crippen LogP contribution in [-0.4, -0.2) is 102 Å². The first-order chi connectivity index (χ1) is 5.41. The van der Waals surface area contributed by atoms with Crippen LogP contribution in [0.5, 0.6) is 0 Å². The molecule has 1 rings (SSSR count). The fourth-order valence-electron chi connectivity index (χ4n) is 0.779. The van der Waals surface area contributed by atoms with E-state index in [0.717, 1.165) is 10.9 Å². The van der Waals surface area contributed by atoms with Crippen LogP contribution in [0.3, 0.4) is 0 Å². The molecule has 72 valence electrons. The maximum absolute atomic E-state index is 10.6. The van der Waals surface area contributed by atoms with Crippen molar-refractivity contribution in [3.05, 3.63) is 23.8 Å². The first-order valence-electron chi connectivity index (χ1n) is 3.25. The van der Waals surface area contributed by atoms with Gasteiger partial charge in [0.1, 0.15) is 0 Å². The molecule has 0 aliphatic carbocycles. The zero-order valence-corrected chi connectivity index (χ0v) is 8.45. The number of aryl methyl sites for hydroxylation is 1. The van der Waals surface area contributed by atoms with Gasteiger partial charge in [-0.25, -0.2) is 0 Å². The summed E-state index contributed by atoms with van der Waals surface area (Å²) in [4.78, 5) is -0.0712. The predicted molar refractivity (Wildman–Crippen MR) is 71.8 cm³/mol. The monoisotopic (exact) mass is 276 g/mol. The second-order valence-electron chi connectivity index (χ2n) is 2.49. The summed E-state index contributed by atoms with van der Waals surface area (Å²) in [6, 6.07) is 4.43. The first kappa shape index (κ1) is 22.7. The molecule has 0 amide bonds. The van der Waals surface area contributed by atoms with Gasteiger partial charge in [-0.3, -0.25) is 4.55 Å². The van der Waals surface area contributed by atoms with Gasteiger partial charge in [0.15, 0.2) is 0 Å². The summed E-state index contributed by atoms with van der Waals surface area (Å²) in [7, 11) is -1.65. The molecule has 1 unspecified atom stereocenters. The zero-order chi connectivity index (χ0) is 9.35. The molecular weight excluding hydrogens is 264 g/mol. The summed E-state index contributed by atoms with van der Waals surface area (Å²) in [5, 5.41) is 0.769. The van der Waals surface area contributed by atoms with Crippen LogP contribution in [0.2, 0.25) is 0 Å². The van der Waals surface area contributed by atoms with Crippen LogP contribution in [0, 0.1) is 6.92 Å². The van der Waals surface area contributed by atoms with Gasteiger partial charge >= 0.3 is 88.7 Å². The normalized spacial score (nSPS) is 9.27. The van der Waals surface area contributed by atoms with E-state index in [2.05, 4.69) is 9.24 Å². The summed E-state index contributed by atoms with van der Waals surface area (Å²) in [5.41, 5.74) is 0.965. The molecule has 1 N–H and O–H groups in total. The van der Waals surface area contributed by atoms with Crippen molar-refractivity contribution in [2.45, 2.75) is 11.8 Å². The van der Waals surface area contributed by atoms with E-state index in [1.54, 1.807) is 6.07 Å². The summed E-state index contributed by atoms with van der Waals surface area (Å²) >= 11 is 0. The molecule has 0 radical (unpaired) electrons. The van der Waals surface area contributed by atoms with Crippen molar-refractivity contribution >= 4 is 113 Å². The van der Waals surface area contributed by atoms with Gasteiger partial charge in [-0.05, 0) is 29.9 Å². The third-order valence-corrected chi connectivity index (χ3v) is 3.02. The molecule has 8 heteroatoms. The molecule has 3 nitrogen and oxygen atoms in total. The first-order valence-corrected chi connectivity index (χ1v) is 5.26. The minimum atomic E-state index is -4.06. The van der Waals surface area contributed by atoms with E-state index in [0.29, 0.717) is 0 Å². The van der Waals surface area contributed by atoms with Gasteiger partial charge in [-0.15, -0.1) is 9.24 Å². The summed E-state index contributed by atoms with van der Waals surface area (Å²) in [5.74, 6) is 0. The van der Waals surface area contributed by atoms with E-state index >= 15 is 0 Å². The molecule has 0 saturated heterocycles. The second-order valence-corrected chi connectivity index (χ2v) is 4.54. The number of benzene rings is 1. The quantitative estimate of drug-likeness (QED) is 0.398. The molecule has 0 aliphatic rings. The Kier molecular flexibility index (Phi) is 14.4. The van der Waals surface area contributed by atoms with Crippen molar-refractivity contribution in [2.24, 2.45) is 0 Å². The standard InChI is InChI=1S/C7H9O3PS.3Na.3H/c1-5-2-3-6(4-7(5)11)12(8,9)10;;;;;;/h2-4H,11H2,1H3,(H,8,9,10);;;;;;. The van der Waals surface area contributed by atoms with Crippen molar-refractivity contribution in [1.29, 1.82) is 0 Å². The Morgan fingerprint density at radius 3 is 2.00 bits per heavy atom. The van der Waals surface area contributed by atoms with Crippen LogP contribution in [0.25, 0.3) is 0 Å². The van der Waals surface area contributed by atoms with Gasteiger partial charge in [0, 0.05) is 0 Å². The Labute approximate surface area is 159 Å².